The number of β-lactam (4-membered cyclic amide) rings is 1. The van der Waals surface area contributed by atoms with Crippen LogP contribution in [0.15, 0.2) is 83.6 Å². The second-order valence-electron chi connectivity index (χ2n) is 7.89. The molecule has 0 radical (unpaired) electrons. The van der Waals surface area contributed by atoms with Crippen LogP contribution in [0.2, 0.25) is 0 Å². The van der Waals surface area contributed by atoms with E-state index in [0.29, 0.717) is 16.9 Å². The second-order valence-corrected chi connectivity index (χ2v) is 8.96. The number of benzene rings is 2. The van der Waals surface area contributed by atoms with Gasteiger partial charge in [0.2, 0.25) is 0 Å². The molecule has 0 spiro atoms. The summed E-state index contributed by atoms with van der Waals surface area (Å²) in [4.78, 5) is 50.8. The lowest BCUT2D eigenvalue weighted by Crippen LogP contribution is -2.56. The molecule has 1 amide bonds. The first-order chi connectivity index (χ1) is 16.4. The summed E-state index contributed by atoms with van der Waals surface area (Å²) in [7, 11) is 0. The van der Waals surface area contributed by atoms with Crippen molar-refractivity contribution in [3.8, 4) is 0 Å². The number of ketones is 1. The number of esters is 2. The summed E-state index contributed by atoms with van der Waals surface area (Å²) in [5.74, 6) is -1.51. The summed E-state index contributed by atoms with van der Waals surface area (Å²) in [6.45, 7) is 2.52. The number of carbonyl (C=O) groups excluding carboxylic acids is 4. The number of amides is 1. The van der Waals surface area contributed by atoms with E-state index in [0.717, 1.165) is 11.1 Å². The molecule has 0 bridgehead atoms. The van der Waals surface area contributed by atoms with Crippen LogP contribution in [-0.2, 0) is 28.7 Å². The molecule has 2 aliphatic heterocycles. The fraction of sp³-hybridized carbons (Fsp3) is 0.231. The van der Waals surface area contributed by atoms with Gasteiger partial charge in [-0.1, -0.05) is 60.7 Å². The molecule has 0 saturated carbocycles. The van der Waals surface area contributed by atoms with Crippen LogP contribution in [0.4, 0.5) is 0 Å². The van der Waals surface area contributed by atoms with Crippen molar-refractivity contribution in [2.75, 3.05) is 12.4 Å². The molecule has 1 atom stereocenters. The van der Waals surface area contributed by atoms with Crippen molar-refractivity contribution in [1.82, 2.24) is 4.90 Å². The third-order valence-electron chi connectivity index (χ3n) is 5.39. The largest absolute Gasteiger partial charge is 0.461 e. The van der Waals surface area contributed by atoms with Crippen molar-refractivity contribution in [3.05, 3.63) is 94.7 Å². The fourth-order valence-electron chi connectivity index (χ4n) is 3.87. The van der Waals surface area contributed by atoms with Crippen molar-refractivity contribution in [2.45, 2.75) is 25.3 Å². The van der Waals surface area contributed by atoms with E-state index in [1.54, 1.807) is 0 Å². The highest BCUT2D eigenvalue weighted by Crippen LogP contribution is 2.44. The molecule has 1 fully saturated rings. The summed E-state index contributed by atoms with van der Waals surface area (Å²) < 4.78 is 11.1. The van der Waals surface area contributed by atoms with Gasteiger partial charge < -0.3 is 9.47 Å². The van der Waals surface area contributed by atoms with E-state index in [4.69, 9.17) is 9.47 Å². The van der Waals surface area contributed by atoms with Gasteiger partial charge in [0, 0.05) is 18.2 Å². The highest BCUT2D eigenvalue weighted by atomic mass is 32.2. The quantitative estimate of drug-likeness (QED) is 0.342. The smallest absolute Gasteiger partial charge is 0.356 e. The van der Waals surface area contributed by atoms with Crippen LogP contribution in [0.5, 0.6) is 0 Å². The first kappa shape index (κ1) is 23.5. The van der Waals surface area contributed by atoms with Crippen molar-refractivity contribution in [2.24, 2.45) is 0 Å². The number of thioether (sulfide) groups is 1. The Hall–Kier alpha value is -3.65. The Bertz CT molecular complexity index is 1150. The van der Waals surface area contributed by atoms with Crippen molar-refractivity contribution in [1.29, 1.82) is 0 Å². The van der Waals surface area contributed by atoms with Gasteiger partial charge in [0.1, 0.15) is 17.7 Å². The Kier molecular flexibility index (Phi) is 6.98. The molecule has 8 heteroatoms. The van der Waals surface area contributed by atoms with Gasteiger partial charge in [-0.3, -0.25) is 19.3 Å². The van der Waals surface area contributed by atoms with E-state index >= 15 is 0 Å². The number of nitrogens with zero attached hydrogens (tertiary/aromatic N) is 1. The number of rotatable bonds is 7. The lowest BCUT2D eigenvalue weighted by molar-refractivity contribution is -0.149. The lowest BCUT2D eigenvalue weighted by Gasteiger charge is -2.46. The van der Waals surface area contributed by atoms with Gasteiger partial charge >= 0.3 is 11.9 Å². The molecule has 0 unspecified atom stereocenters. The zero-order chi connectivity index (χ0) is 24.2. The molecule has 1 saturated heterocycles. The standard InChI is InChI=1S/C26H23NO6S/c1-16(28)13-21-24(30)27-22(20(14-32-17(2)29)15-34-25(21)27)26(31)33-23(18-9-5-3-6-10-18)19-11-7-4-8-12-19/h3-13,23,25H,14-15H2,1-2H3/b21-13-/t25-/m1/s1. The number of ether oxygens (including phenoxy) is 2. The van der Waals surface area contributed by atoms with Crippen LogP contribution in [-0.4, -0.2) is 46.3 Å². The van der Waals surface area contributed by atoms with E-state index < -0.39 is 29.3 Å². The van der Waals surface area contributed by atoms with Crippen LogP contribution in [0.3, 0.4) is 0 Å². The summed E-state index contributed by atoms with van der Waals surface area (Å²) in [5.41, 5.74) is 2.44. The highest BCUT2D eigenvalue weighted by Gasteiger charge is 2.50. The minimum atomic E-state index is -0.700. The summed E-state index contributed by atoms with van der Waals surface area (Å²) in [6, 6.07) is 18.6. The number of hydrogen-bond donors (Lipinski definition) is 0. The van der Waals surface area contributed by atoms with Gasteiger partial charge in [-0.2, -0.15) is 0 Å². The molecule has 2 heterocycles. The Morgan fingerprint density at radius 2 is 1.62 bits per heavy atom. The first-order valence-corrected chi connectivity index (χ1v) is 11.7. The molecule has 174 valence electrons. The number of allylic oxidation sites excluding steroid dienone is 1. The van der Waals surface area contributed by atoms with Gasteiger partial charge in [0.25, 0.3) is 5.91 Å². The molecular weight excluding hydrogens is 454 g/mol. The van der Waals surface area contributed by atoms with Crippen LogP contribution >= 0.6 is 11.8 Å². The van der Waals surface area contributed by atoms with E-state index in [1.807, 2.05) is 60.7 Å². The molecule has 7 nitrogen and oxygen atoms in total. The molecule has 34 heavy (non-hydrogen) atoms. The Morgan fingerprint density at radius 3 is 2.15 bits per heavy atom. The van der Waals surface area contributed by atoms with E-state index in [-0.39, 0.29) is 18.1 Å². The van der Waals surface area contributed by atoms with Gasteiger partial charge in [-0.15, -0.1) is 11.8 Å². The van der Waals surface area contributed by atoms with Crippen molar-refractivity contribution in [3.63, 3.8) is 0 Å². The molecule has 0 N–H and O–H groups in total. The SMILES string of the molecule is CC(=O)/C=C1/C(=O)N2C(C(=O)OC(c3ccccc3)c3ccccc3)=C(COC(C)=O)CS[C@H]12. The predicted molar refractivity (Wildman–Crippen MR) is 126 cm³/mol. The zero-order valence-electron chi connectivity index (χ0n) is 18.7. The van der Waals surface area contributed by atoms with Crippen molar-refractivity contribution >= 4 is 35.4 Å². The third-order valence-corrected chi connectivity index (χ3v) is 6.68. The van der Waals surface area contributed by atoms with Crippen molar-refractivity contribution < 1.29 is 28.7 Å². The van der Waals surface area contributed by atoms with E-state index in [9.17, 15) is 19.2 Å². The monoisotopic (exact) mass is 477 g/mol. The summed E-state index contributed by atoms with van der Waals surface area (Å²) in [5, 5.41) is -0.466. The summed E-state index contributed by atoms with van der Waals surface area (Å²) >= 11 is 1.39. The number of fused-ring (bicyclic) bond motifs is 1. The Balaban J connectivity index is 1.70. The predicted octanol–water partition coefficient (Wildman–Crippen LogP) is 3.57. The molecular formula is C26H23NO6S. The molecule has 4 rings (SSSR count). The second kappa shape index (κ2) is 10.1. The van der Waals surface area contributed by atoms with E-state index in [1.165, 1.54) is 36.6 Å². The Morgan fingerprint density at radius 1 is 1.03 bits per heavy atom. The van der Waals surface area contributed by atoms with Crippen LogP contribution in [0.1, 0.15) is 31.1 Å². The maximum atomic E-state index is 13.6. The maximum Gasteiger partial charge on any atom is 0.356 e. The molecule has 2 aromatic carbocycles. The van der Waals surface area contributed by atoms with Gasteiger partial charge in [0.15, 0.2) is 11.9 Å². The topological polar surface area (TPSA) is 90.0 Å². The van der Waals surface area contributed by atoms with Crippen LogP contribution in [0.25, 0.3) is 0 Å². The highest BCUT2D eigenvalue weighted by molar-refractivity contribution is 8.00. The normalized spacial score (nSPS) is 18.4. The minimum Gasteiger partial charge on any atom is -0.461 e. The van der Waals surface area contributed by atoms with Gasteiger partial charge in [0.05, 0.1) is 5.57 Å². The molecule has 0 aliphatic carbocycles. The van der Waals surface area contributed by atoms with Gasteiger partial charge in [-0.25, -0.2) is 4.79 Å². The lowest BCUT2D eigenvalue weighted by atomic mass is 10.00. The zero-order valence-corrected chi connectivity index (χ0v) is 19.5. The first-order valence-electron chi connectivity index (χ1n) is 10.7. The Labute approximate surface area is 201 Å². The molecule has 0 aromatic heterocycles. The van der Waals surface area contributed by atoms with Gasteiger partial charge in [-0.05, 0) is 24.1 Å². The van der Waals surface area contributed by atoms with E-state index in [2.05, 4.69) is 0 Å². The van der Waals surface area contributed by atoms with Crippen LogP contribution < -0.4 is 0 Å². The molecule has 2 aromatic rings. The summed E-state index contributed by atoms with van der Waals surface area (Å²) in [6.07, 6.45) is 0.599. The van der Waals surface area contributed by atoms with Crippen LogP contribution in [0, 0.1) is 0 Å². The number of hydrogen-bond acceptors (Lipinski definition) is 7. The maximum absolute atomic E-state index is 13.6. The number of carbonyl (C=O) groups is 4. The fourth-order valence-corrected chi connectivity index (χ4v) is 5.14. The average Bonchev–Trinajstić information content (AvgIpc) is 2.84. The molecule has 2 aliphatic rings. The third kappa shape index (κ3) is 4.82. The minimum absolute atomic E-state index is 0.0626. The average molecular weight is 478 g/mol.